The van der Waals surface area contributed by atoms with Gasteiger partial charge in [-0.05, 0) is 11.6 Å². The summed E-state index contributed by atoms with van der Waals surface area (Å²) in [5, 5.41) is 9.70. The average Bonchev–Trinajstić information content (AvgIpc) is 2.51. The van der Waals surface area contributed by atoms with Gasteiger partial charge in [0.1, 0.15) is 6.04 Å². The molecule has 1 unspecified atom stereocenters. The van der Waals surface area contributed by atoms with Crippen molar-refractivity contribution in [1.82, 2.24) is 0 Å². The maximum atomic E-state index is 11.7. The predicted molar refractivity (Wildman–Crippen MR) is 57.2 cm³/mol. The molecule has 0 saturated carbocycles. The lowest BCUT2D eigenvalue weighted by Crippen LogP contribution is -2.30. The Morgan fingerprint density at radius 2 is 1.94 bits per heavy atom. The standard InChI is InChI=1S/C10H9NO4S/c11-9(10(12)13)7-5-16(14,15)8-4-2-1-3-6(7)8/h1-5,9H,11H2,(H,12,13). The summed E-state index contributed by atoms with van der Waals surface area (Å²) in [6, 6.07) is 4.89. The minimum Gasteiger partial charge on any atom is -0.480 e. The lowest BCUT2D eigenvalue weighted by molar-refractivity contribution is -0.137. The van der Waals surface area contributed by atoms with Crippen molar-refractivity contribution in [3.63, 3.8) is 0 Å². The molecule has 16 heavy (non-hydrogen) atoms. The molecule has 0 spiro atoms. The van der Waals surface area contributed by atoms with E-state index in [0.717, 1.165) is 5.41 Å². The maximum absolute atomic E-state index is 11.7. The van der Waals surface area contributed by atoms with Crippen LogP contribution in [0.1, 0.15) is 5.56 Å². The van der Waals surface area contributed by atoms with Gasteiger partial charge in [-0.25, -0.2) is 8.42 Å². The number of hydrogen-bond acceptors (Lipinski definition) is 4. The molecule has 0 aromatic heterocycles. The van der Waals surface area contributed by atoms with Crippen molar-refractivity contribution in [3.05, 3.63) is 35.2 Å². The Morgan fingerprint density at radius 1 is 1.31 bits per heavy atom. The third-order valence-electron chi connectivity index (χ3n) is 2.39. The van der Waals surface area contributed by atoms with Crippen LogP contribution in [0.4, 0.5) is 0 Å². The molecule has 0 bridgehead atoms. The van der Waals surface area contributed by atoms with Gasteiger partial charge in [0.2, 0.25) is 9.84 Å². The molecule has 1 aromatic carbocycles. The van der Waals surface area contributed by atoms with Crippen LogP contribution in [0.25, 0.3) is 5.57 Å². The lowest BCUT2D eigenvalue weighted by Gasteiger charge is -2.08. The molecule has 0 fully saturated rings. The van der Waals surface area contributed by atoms with Crippen LogP contribution >= 0.6 is 0 Å². The summed E-state index contributed by atoms with van der Waals surface area (Å²) in [4.78, 5) is 10.9. The first-order valence-electron chi connectivity index (χ1n) is 4.48. The minimum atomic E-state index is -3.54. The number of nitrogens with two attached hydrogens (primary N) is 1. The van der Waals surface area contributed by atoms with E-state index in [9.17, 15) is 13.2 Å². The minimum absolute atomic E-state index is 0.113. The van der Waals surface area contributed by atoms with E-state index < -0.39 is 21.8 Å². The smallest absolute Gasteiger partial charge is 0.325 e. The van der Waals surface area contributed by atoms with E-state index in [2.05, 4.69) is 0 Å². The van der Waals surface area contributed by atoms with Crippen molar-refractivity contribution in [3.8, 4) is 0 Å². The van der Waals surface area contributed by atoms with Crippen molar-refractivity contribution < 1.29 is 18.3 Å². The summed E-state index contributed by atoms with van der Waals surface area (Å²) in [6.45, 7) is 0. The van der Waals surface area contributed by atoms with Gasteiger partial charge in [0.25, 0.3) is 0 Å². The number of hydrogen-bond donors (Lipinski definition) is 2. The van der Waals surface area contributed by atoms with Crippen molar-refractivity contribution in [2.24, 2.45) is 5.73 Å². The molecular formula is C10H9NO4S. The number of carboxylic acid groups (broad SMARTS) is 1. The number of benzene rings is 1. The highest BCUT2D eigenvalue weighted by Crippen LogP contribution is 2.34. The molecule has 0 saturated heterocycles. The molecule has 1 heterocycles. The van der Waals surface area contributed by atoms with E-state index in [1.165, 1.54) is 6.07 Å². The highest BCUT2D eigenvalue weighted by atomic mass is 32.2. The highest BCUT2D eigenvalue weighted by Gasteiger charge is 2.31. The Kier molecular flexibility index (Phi) is 2.32. The van der Waals surface area contributed by atoms with Gasteiger partial charge in [-0.1, -0.05) is 18.2 Å². The Balaban J connectivity index is 2.64. The zero-order valence-electron chi connectivity index (χ0n) is 8.12. The van der Waals surface area contributed by atoms with Crippen LogP contribution in [0.2, 0.25) is 0 Å². The fourth-order valence-corrected chi connectivity index (χ4v) is 3.12. The fourth-order valence-electron chi connectivity index (χ4n) is 1.62. The van der Waals surface area contributed by atoms with E-state index >= 15 is 0 Å². The van der Waals surface area contributed by atoms with Crippen LogP contribution in [-0.4, -0.2) is 25.5 Å². The molecule has 1 atom stereocenters. The Bertz CT molecular complexity index is 589. The van der Waals surface area contributed by atoms with E-state index in [-0.39, 0.29) is 10.5 Å². The van der Waals surface area contributed by atoms with E-state index in [0.29, 0.717) is 5.56 Å². The largest absolute Gasteiger partial charge is 0.480 e. The van der Waals surface area contributed by atoms with Crippen LogP contribution in [0.5, 0.6) is 0 Å². The normalized spacial score (nSPS) is 18.7. The Labute approximate surface area is 92.1 Å². The zero-order chi connectivity index (χ0) is 11.9. The molecule has 84 valence electrons. The second-order valence-corrected chi connectivity index (χ2v) is 5.20. The molecular weight excluding hydrogens is 230 g/mol. The van der Waals surface area contributed by atoms with Crippen LogP contribution in [0.15, 0.2) is 34.6 Å². The first kappa shape index (κ1) is 10.8. The molecule has 6 heteroatoms. The van der Waals surface area contributed by atoms with Gasteiger partial charge >= 0.3 is 5.97 Å². The van der Waals surface area contributed by atoms with E-state index in [4.69, 9.17) is 10.8 Å². The summed E-state index contributed by atoms with van der Waals surface area (Å²) >= 11 is 0. The Hall–Kier alpha value is -1.66. The van der Waals surface area contributed by atoms with Crippen LogP contribution < -0.4 is 5.73 Å². The Morgan fingerprint density at radius 3 is 2.56 bits per heavy atom. The van der Waals surface area contributed by atoms with E-state index in [1.807, 2.05) is 0 Å². The summed E-state index contributed by atoms with van der Waals surface area (Å²) in [5.41, 5.74) is 5.93. The second-order valence-electron chi connectivity index (χ2n) is 3.43. The first-order valence-corrected chi connectivity index (χ1v) is 6.02. The topological polar surface area (TPSA) is 97.5 Å². The number of carboxylic acids is 1. The maximum Gasteiger partial charge on any atom is 0.325 e. The fraction of sp³-hybridized carbons (Fsp3) is 0.100. The van der Waals surface area contributed by atoms with Gasteiger partial charge in [0, 0.05) is 11.0 Å². The van der Waals surface area contributed by atoms with Crippen molar-refractivity contribution >= 4 is 21.4 Å². The van der Waals surface area contributed by atoms with Gasteiger partial charge in [-0.3, -0.25) is 4.79 Å². The molecule has 1 aliphatic heterocycles. The van der Waals surface area contributed by atoms with Crippen LogP contribution in [0.3, 0.4) is 0 Å². The van der Waals surface area contributed by atoms with Gasteiger partial charge in [-0.2, -0.15) is 0 Å². The number of carbonyl (C=O) groups is 1. The molecule has 0 radical (unpaired) electrons. The number of aliphatic carboxylic acids is 1. The molecule has 3 N–H and O–H groups in total. The first-order chi connectivity index (χ1) is 7.43. The molecule has 5 nitrogen and oxygen atoms in total. The van der Waals surface area contributed by atoms with Gasteiger partial charge in [-0.15, -0.1) is 0 Å². The molecule has 1 aliphatic rings. The van der Waals surface area contributed by atoms with Crippen molar-refractivity contribution in [2.45, 2.75) is 10.9 Å². The third-order valence-corrected chi connectivity index (χ3v) is 3.92. The SMILES string of the molecule is NC(C(=O)O)C1=CS(=O)(=O)c2ccccc21. The van der Waals surface area contributed by atoms with E-state index in [1.54, 1.807) is 18.2 Å². The summed E-state index contributed by atoms with van der Waals surface area (Å²) in [6.07, 6.45) is 0. The summed E-state index contributed by atoms with van der Waals surface area (Å²) in [7, 11) is -3.54. The van der Waals surface area contributed by atoms with Gasteiger partial charge in [0.05, 0.1) is 4.90 Å². The molecule has 2 rings (SSSR count). The van der Waals surface area contributed by atoms with Crippen molar-refractivity contribution in [1.29, 1.82) is 0 Å². The number of fused-ring (bicyclic) bond motifs is 1. The third kappa shape index (κ3) is 1.52. The molecule has 0 aliphatic carbocycles. The highest BCUT2D eigenvalue weighted by molar-refractivity contribution is 7.95. The summed E-state index contributed by atoms with van der Waals surface area (Å²) in [5.74, 6) is -1.25. The lowest BCUT2D eigenvalue weighted by atomic mass is 10.0. The number of sulfone groups is 1. The van der Waals surface area contributed by atoms with Gasteiger partial charge < -0.3 is 10.8 Å². The quantitative estimate of drug-likeness (QED) is 0.769. The molecule has 0 amide bonds. The predicted octanol–water partition coefficient (Wildman–Crippen LogP) is 0.227. The van der Waals surface area contributed by atoms with Crippen molar-refractivity contribution in [2.75, 3.05) is 0 Å². The van der Waals surface area contributed by atoms with Gasteiger partial charge in [0.15, 0.2) is 0 Å². The number of rotatable bonds is 2. The van der Waals surface area contributed by atoms with Crippen LogP contribution in [0, 0.1) is 0 Å². The van der Waals surface area contributed by atoms with Crippen LogP contribution in [-0.2, 0) is 14.6 Å². The zero-order valence-corrected chi connectivity index (χ0v) is 8.94. The average molecular weight is 239 g/mol. The second kappa shape index (κ2) is 3.43. The monoisotopic (exact) mass is 239 g/mol. The molecule has 1 aromatic rings. The summed E-state index contributed by atoms with van der Waals surface area (Å²) < 4.78 is 23.3.